The molecule has 2 aromatic rings. The van der Waals surface area contributed by atoms with E-state index in [1.165, 1.54) is 10.4 Å². The van der Waals surface area contributed by atoms with Gasteiger partial charge in [-0.15, -0.1) is 11.3 Å². The number of anilines is 1. The van der Waals surface area contributed by atoms with E-state index in [1.54, 1.807) is 11.3 Å². The van der Waals surface area contributed by atoms with E-state index in [2.05, 4.69) is 22.1 Å². The van der Waals surface area contributed by atoms with Crippen LogP contribution >= 0.6 is 11.3 Å². The Morgan fingerprint density at radius 3 is 2.72 bits per heavy atom. The lowest BCUT2D eigenvalue weighted by Gasteiger charge is -2.27. The number of hydrogen-bond donors (Lipinski definition) is 2. The number of nitrogens with one attached hydrogen (secondary N) is 2. The summed E-state index contributed by atoms with van der Waals surface area (Å²) < 4.78 is 0. The van der Waals surface area contributed by atoms with Crippen molar-refractivity contribution in [2.75, 3.05) is 11.9 Å². The number of hydrogen-bond acceptors (Lipinski definition) is 3. The molecule has 0 spiro atoms. The molecule has 0 unspecified atom stereocenters. The second kappa shape index (κ2) is 6.88. The SMILES string of the molecule is O=C(Nc1ccc(CNC(=O)N2CCc3sccc3C2)cc1)C1CC1. The zero-order valence-corrected chi connectivity index (χ0v) is 14.8. The molecule has 2 heterocycles. The summed E-state index contributed by atoms with van der Waals surface area (Å²) in [5.74, 6) is 0.311. The highest BCUT2D eigenvalue weighted by Gasteiger charge is 2.29. The summed E-state index contributed by atoms with van der Waals surface area (Å²) in [6.07, 6.45) is 2.94. The molecule has 130 valence electrons. The van der Waals surface area contributed by atoms with Crippen LogP contribution in [0.3, 0.4) is 0 Å². The van der Waals surface area contributed by atoms with Gasteiger partial charge in [-0.2, -0.15) is 0 Å². The van der Waals surface area contributed by atoms with Crippen molar-refractivity contribution in [3.63, 3.8) is 0 Å². The van der Waals surface area contributed by atoms with Gasteiger partial charge in [0.15, 0.2) is 0 Å². The number of urea groups is 1. The van der Waals surface area contributed by atoms with Crippen molar-refractivity contribution < 1.29 is 9.59 Å². The van der Waals surface area contributed by atoms with Gasteiger partial charge in [-0.05, 0) is 54.0 Å². The van der Waals surface area contributed by atoms with Gasteiger partial charge in [0.25, 0.3) is 0 Å². The van der Waals surface area contributed by atoms with Crippen LogP contribution in [0, 0.1) is 5.92 Å². The molecule has 1 fully saturated rings. The van der Waals surface area contributed by atoms with E-state index >= 15 is 0 Å². The van der Waals surface area contributed by atoms with E-state index in [0.29, 0.717) is 13.1 Å². The molecular formula is C19H21N3O2S. The maximum Gasteiger partial charge on any atom is 0.317 e. The van der Waals surface area contributed by atoms with Crippen molar-refractivity contribution in [3.05, 3.63) is 51.7 Å². The minimum atomic E-state index is -0.0250. The summed E-state index contributed by atoms with van der Waals surface area (Å²) in [5, 5.41) is 8.00. The maximum absolute atomic E-state index is 12.4. The molecule has 4 rings (SSSR count). The fourth-order valence-corrected chi connectivity index (χ4v) is 3.90. The third kappa shape index (κ3) is 3.85. The summed E-state index contributed by atoms with van der Waals surface area (Å²) in [5.41, 5.74) is 3.10. The van der Waals surface area contributed by atoms with Crippen LogP contribution in [-0.2, 0) is 24.3 Å². The molecule has 5 nitrogen and oxygen atoms in total. The van der Waals surface area contributed by atoms with Gasteiger partial charge in [0.2, 0.25) is 5.91 Å². The quantitative estimate of drug-likeness (QED) is 0.883. The molecule has 6 heteroatoms. The standard InChI is InChI=1S/C19H21N3O2S/c23-18(14-3-4-14)21-16-5-1-13(2-6-16)11-20-19(24)22-9-7-17-15(12-22)8-10-25-17/h1-2,5-6,8,10,14H,3-4,7,9,11-12H2,(H,20,24)(H,21,23). The van der Waals surface area contributed by atoms with Crippen molar-refractivity contribution in [1.82, 2.24) is 10.2 Å². The minimum absolute atomic E-state index is 0.0250. The van der Waals surface area contributed by atoms with Crippen LogP contribution in [0.2, 0.25) is 0 Å². The molecule has 2 N–H and O–H groups in total. The van der Waals surface area contributed by atoms with Crippen molar-refractivity contribution in [1.29, 1.82) is 0 Å². The molecule has 1 saturated carbocycles. The van der Waals surface area contributed by atoms with Crippen LogP contribution in [0.4, 0.5) is 10.5 Å². The number of rotatable bonds is 4. The van der Waals surface area contributed by atoms with Gasteiger partial charge in [-0.3, -0.25) is 4.79 Å². The van der Waals surface area contributed by atoms with Gasteiger partial charge >= 0.3 is 6.03 Å². The van der Waals surface area contributed by atoms with Crippen molar-refractivity contribution in [2.45, 2.75) is 32.4 Å². The molecule has 1 aromatic heterocycles. The predicted molar refractivity (Wildman–Crippen MR) is 98.5 cm³/mol. The van der Waals surface area contributed by atoms with Gasteiger partial charge in [0.05, 0.1) is 0 Å². The first-order chi connectivity index (χ1) is 12.2. The highest BCUT2D eigenvalue weighted by Crippen LogP contribution is 2.30. The van der Waals surface area contributed by atoms with Gasteiger partial charge < -0.3 is 15.5 Å². The summed E-state index contributed by atoms with van der Waals surface area (Å²) in [6, 6.07) is 9.74. The molecule has 0 atom stereocenters. The monoisotopic (exact) mass is 355 g/mol. The van der Waals surface area contributed by atoms with Crippen molar-refractivity contribution in [2.24, 2.45) is 5.92 Å². The van der Waals surface area contributed by atoms with E-state index < -0.39 is 0 Å². The molecule has 1 aromatic carbocycles. The van der Waals surface area contributed by atoms with Crippen LogP contribution in [-0.4, -0.2) is 23.4 Å². The molecule has 3 amide bonds. The highest BCUT2D eigenvalue weighted by molar-refractivity contribution is 7.10. The van der Waals surface area contributed by atoms with Crippen LogP contribution < -0.4 is 10.6 Å². The van der Waals surface area contributed by atoms with Gasteiger partial charge in [-0.1, -0.05) is 12.1 Å². The third-order valence-electron chi connectivity index (χ3n) is 4.71. The largest absolute Gasteiger partial charge is 0.334 e. The van der Waals surface area contributed by atoms with E-state index in [-0.39, 0.29) is 17.9 Å². The normalized spacial score (nSPS) is 16.2. The first-order valence-corrected chi connectivity index (χ1v) is 9.55. The first-order valence-electron chi connectivity index (χ1n) is 8.67. The Morgan fingerprint density at radius 2 is 1.96 bits per heavy atom. The summed E-state index contributed by atoms with van der Waals surface area (Å²) in [4.78, 5) is 27.4. The molecular weight excluding hydrogens is 334 g/mol. The lowest BCUT2D eigenvalue weighted by molar-refractivity contribution is -0.117. The highest BCUT2D eigenvalue weighted by atomic mass is 32.1. The van der Waals surface area contributed by atoms with E-state index in [9.17, 15) is 9.59 Å². The maximum atomic E-state index is 12.4. The Balaban J connectivity index is 1.27. The van der Waals surface area contributed by atoms with E-state index in [4.69, 9.17) is 0 Å². The fraction of sp³-hybridized carbons (Fsp3) is 0.368. The molecule has 2 aliphatic rings. The van der Waals surface area contributed by atoms with Crippen molar-refractivity contribution in [3.8, 4) is 0 Å². The Labute approximate surface area is 151 Å². The second-order valence-corrected chi connectivity index (χ2v) is 7.66. The average Bonchev–Trinajstić information content (AvgIpc) is 3.38. The Morgan fingerprint density at radius 1 is 1.16 bits per heavy atom. The molecule has 0 saturated heterocycles. The first kappa shape index (κ1) is 16.1. The van der Waals surface area contributed by atoms with E-state index in [1.807, 2.05) is 29.2 Å². The van der Waals surface area contributed by atoms with Crippen LogP contribution in [0.15, 0.2) is 35.7 Å². The Kier molecular flexibility index (Phi) is 4.44. The lowest BCUT2D eigenvalue weighted by atomic mass is 10.1. The van der Waals surface area contributed by atoms with Gasteiger partial charge in [0, 0.05) is 36.1 Å². The zero-order valence-electron chi connectivity index (χ0n) is 14.0. The number of fused-ring (bicyclic) bond motifs is 1. The molecule has 0 bridgehead atoms. The van der Waals surface area contributed by atoms with Crippen LogP contribution in [0.25, 0.3) is 0 Å². The number of amides is 3. The lowest BCUT2D eigenvalue weighted by Crippen LogP contribution is -2.42. The molecule has 0 radical (unpaired) electrons. The molecule has 25 heavy (non-hydrogen) atoms. The Hall–Kier alpha value is -2.34. The van der Waals surface area contributed by atoms with Crippen LogP contribution in [0.5, 0.6) is 0 Å². The number of carbonyl (C=O) groups is 2. The van der Waals surface area contributed by atoms with Crippen molar-refractivity contribution >= 4 is 29.0 Å². The molecule has 1 aliphatic heterocycles. The predicted octanol–water partition coefficient (Wildman–Crippen LogP) is 3.36. The van der Waals surface area contributed by atoms with Crippen LogP contribution in [0.1, 0.15) is 28.8 Å². The molecule has 1 aliphatic carbocycles. The van der Waals surface area contributed by atoms with Gasteiger partial charge in [-0.25, -0.2) is 4.79 Å². The van der Waals surface area contributed by atoms with Gasteiger partial charge in [0.1, 0.15) is 0 Å². The smallest absolute Gasteiger partial charge is 0.317 e. The Bertz CT molecular complexity index is 780. The minimum Gasteiger partial charge on any atom is -0.334 e. The second-order valence-electron chi connectivity index (χ2n) is 6.66. The summed E-state index contributed by atoms with van der Waals surface area (Å²) in [6.45, 7) is 1.95. The third-order valence-corrected chi connectivity index (χ3v) is 5.73. The number of thiophene rings is 1. The number of nitrogens with zero attached hydrogens (tertiary/aromatic N) is 1. The number of carbonyl (C=O) groups excluding carboxylic acids is 2. The van der Waals surface area contributed by atoms with E-state index in [0.717, 1.165) is 37.1 Å². The zero-order chi connectivity index (χ0) is 17.2. The number of benzene rings is 1. The topological polar surface area (TPSA) is 61.4 Å². The summed E-state index contributed by atoms with van der Waals surface area (Å²) in [7, 11) is 0. The average molecular weight is 355 g/mol. The summed E-state index contributed by atoms with van der Waals surface area (Å²) >= 11 is 1.77. The fourth-order valence-electron chi connectivity index (χ4n) is 3.01.